The molecule has 95 valence electrons. The van der Waals surface area contributed by atoms with E-state index in [0.29, 0.717) is 0 Å². The van der Waals surface area contributed by atoms with Crippen LogP contribution in [0.15, 0.2) is 12.1 Å². The summed E-state index contributed by atoms with van der Waals surface area (Å²) in [5, 5.41) is 0. The second kappa shape index (κ2) is 5.09. The molecule has 0 unspecified atom stereocenters. The predicted octanol–water partition coefficient (Wildman–Crippen LogP) is 2.67. The van der Waals surface area contributed by atoms with E-state index in [2.05, 4.69) is 38.2 Å². The molecule has 2 heterocycles. The number of aryl methyl sites for hydroxylation is 1. The Morgan fingerprint density at radius 1 is 1.33 bits per heavy atom. The third-order valence-corrected chi connectivity index (χ3v) is 4.76. The van der Waals surface area contributed by atoms with E-state index >= 15 is 0 Å². The molecule has 0 bridgehead atoms. The van der Waals surface area contributed by atoms with E-state index in [1.54, 1.807) is 22.3 Å². The number of hydrogen-bond acceptors (Lipinski definition) is 1. The van der Waals surface area contributed by atoms with Crippen molar-refractivity contribution in [3.8, 4) is 0 Å². The molecule has 0 amide bonds. The summed E-state index contributed by atoms with van der Waals surface area (Å²) in [6, 6.07) is 4.79. The van der Waals surface area contributed by atoms with E-state index < -0.39 is 0 Å². The predicted molar refractivity (Wildman–Crippen MR) is 78.5 cm³/mol. The third-order valence-electron chi connectivity index (χ3n) is 4.76. The van der Waals surface area contributed by atoms with Crippen LogP contribution in [-0.2, 0) is 19.2 Å². The van der Waals surface area contributed by atoms with Gasteiger partial charge in [-0.25, -0.2) is 0 Å². The highest BCUT2D eigenvalue weighted by Gasteiger charge is 2.26. The van der Waals surface area contributed by atoms with E-state index in [-0.39, 0.29) is 0 Å². The fraction of sp³-hybridized carbons (Fsp3) is 0.625. The molecule has 0 atom stereocenters. The molecule has 3 rings (SSSR count). The SMILES string of the molecule is CCN1CC(Cc2ccc3c(c2C)C[B]CC3)C1. The van der Waals surface area contributed by atoms with Gasteiger partial charge in [-0.15, -0.1) is 0 Å². The monoisotopic (exact) mass is 240 g/mol. The van der Waals surface area contributed by atoms with Gasteiger partial charge in [-0.05, 0) is 54.5 Å². The van der Waals surface area contributed by atoms with Crippen molar-refractivity contribution in [2.45, 2.75) is 39.3 Å². The molecular weight excluding hydrogens is 217 g/mol. The van der Waals surface area contributed by atoms with Crippen LogP contribution in [0.4, 0.5) is 0 Å². The van der Waals surface area contributed by atoms with Crippen LogP contribution in [0.2, 0.25) is 6.32 Å². The lowest BCUT2D eigenvalue weighted by Crippen LogP contribution is -2.47. The number of likely N-dealkylation sites (tertiary alicyclic amines) is 1. The Labute approximate surface area is 112 Å². The van der Waals surface area contributed by atoms with Crippen LogP contribution in [0.1, 0.15) is 29.2 Å². The van der Waals surface area contributed by atoms with Gasteiger partial charge in [-0.1, -0.05) is 31.7 Å². The fourth-order valence-electron chi connectivity index (χ4n) is 3.48. The van der Waals surface area contributed by atoms with Gasteiger partial charge in [0.15, 0.2) is 0 Å². The second-order valence-electron chi connectivity index (χ2n) is 5.94. The topological polar surface area (TPSA) is 3.24 Å². The molecule has 2 aliphatic heterocycles. The van der Waals surface area contributed by atoms with Crippen molar-refractivity contribution in [3.05, 3.63) is 34.4 Å². The Balaban J connectivity index is 1.73. The number of hydrogen-bond donors (Lipinski definition) is 0. The van der Waals surface area contributed by atoms with Crippen LogP contribution >= 0.6 is 0 Å². The summed E-state index contributed by atoms with van der Waals surface area (Å²) in [4.78, 5) is 2.53. The molecule has 18 heavy (non-hydrogen) atoms. The first-order valence-corrected chi connectivity index (χ1v) is 7.42. The van der Waals surface area contributed by atoms with Gasteiger partial charge < -0.3 is 4.90 Å². The van der Waals surface area contributed by atoms with E-state index in [9.17, 15) is 0 Å². The van der Waals surface area contributed by atoms with Crippen molar-refractivity contribution in [2.75, 3.05) is 19.6 Å². The van der Waals surface area contributed by atoms with Gasteiger partial charge in [-0.3, -0.25) is 0 Å². The summed E-state index contributed by atoms with van der Waals surface area (Å²) in [5.41, 5.74) is 6.41. The zero-order valence-corrected chi connectivity index (χ0v) is 11.7. The quantitative estimate of drug-likeness (QED) is 0.734. The minimum absolute atomic E-state index is 0.897. The molecule has 0 aromatic heterocycles. The molecule has 1 fully saturated rings. The van der Waals surface area contributed by atoms with E-state index in [0.717, 1.165) is 5.92 Å². The summed E-state index contributed by atoms with van der Waals surface area (Å²) < 4.78 is 0. The summed E-state index contributed by atoms with van der Waals surface area (Å²) >= 11 is 0. The molecule has 0 N–H and O–H groups in total. The molecule has 1 saturated heterocycles. The molecule has 0 saturated carbocycles. The van der Waals surface area contributed by atoms with Gasteiger partial charge in [0.05, 0.1) is 0 Å². The fourth-order valence-corrected chi connectivity index (χ4v) is 3.48. The maximum absolute atomic E-state index is 2.53. The Bertz CT molecular complexity index is 435. The van der Waals surface area contributed by atoms with Crippen LogP contribution in [0.5, 0.6) is 0 Å². The molecule has 0 aliphatic carbocycles. The van der Waals surface area contributed by atoms with Crippen molar-refractivity contribution in [3.63, 3.8) is 0 Å². The zero-order chi connectivity index (χ0) is 12.5. The number of benzene rings is 1. The Morgan fingerprint density at radius 3 is 2.94 bits per heavy atom. The first-order chi connectivity index (χ1) is 8.78. The highest BCUT2D eigenvalue weighted by Crippen LogP contribution is 2.27. The lowest BCUT2D eigenvalue weighted by atomic mass is 9.61. The van der Waals surface area contributed by atoms with E-state index in [4.69, 9.17) is 0 Å². The zero-order valence-electron chi connectivity index (χ0n) is 11.7. The largest absolute Gasteiger partial charge is 0.303 e. The number of nitrogens with zero attached hydrogens (tertiary/aromatic N) is 1. The maximum atomic E-state index is 2.53. The maximum Gasteiger partial charge on any atom is 0.115 e. The van der Waals surface area contributed by atoms with Gasteiger partial charge in [0.1, 0.15) is 7.28 Å². The van der Waals surface area contributed by atoms with Gasteiger partial charge >= 0.3 is 0 Å². The minimum Gasteiger partial charge on any atom is -0.303 e. The Morgan fingerprint density at radius 2 is 2.17 bits per heavy atom. The summed E-state index contributed by atoms with van der Waals surface area (Å²) in [7, 11) is 2.45. The summed E-state index contributed by atoms with van der Waals surface area (Å²) in [6.07, 6.45) is 5.00. The van der Waals surface area contributed by atoms with E-state index in [1.807, 2.05) is 0 Å². The molecule has 1 nitrogen and oxygen atoms in total. The number of fused-ring (bicyclic) bond motifs is 1. The molecule has 1 aromatic carbocycles. The summed E-state index contributed by atoms with van der Waals surface area (Å²) in [6.45, 7) is 8.42. The molecular formula is C16H23BN. The molecule has 1 aromatic rings. The van der Waals surface area contributed by atoms with Crippen LogP contribution < -0.4 is 0 Å². The molecule has 2 heteroatoms. The van der Waals surface area contributed by atoms with Crippen molar-refractivity contribution < 1.29 is 0 Å². The average Bonchev–Trinajstić information content (AvgIpc) is 2.36. The van der Waals surface area contributed by atoms with Gasteiger partial charge in [0.2, 0.25) is 0 Å². The van der Waals surface area contributed by atoms with Gasteiger partial charge in [-0.2, -0.15) is 0 Å². The molecule has 1 radical (unpaired) electrons. The van der Waals surface area contributed by atoms with Crippen molar-refractivity contribution in [1.29, 1.82) is 0 Å². The molecule has 2 aliphatic rings. The second-order valence-corrected chi connectivity index (χ2v) is 5.94. The Hall–Kier alpha value is -0.755. The smallest absolute Gasteiger partial charge is 0.115 e. The van der Waals surface area contributed by atoms with Crippen molar-refractivity contribution in [1.82, 2.24) is 4.90 Å². The highest BCUT2D eigenvalue weighted by molar-refractivity contribution is 6.35. The van der Waals surface area contributed by atoms with Crippen LogP contribution in [-0.4, -0.2) is 31.8 Å². The molecule has 0 spiro atoms. The Kier molecular flexibility index (Phi) is 3.47. The van der Waals surface area contributed by atoms with Crippen LogP contribution in [0.3, 0.4) is 0 Å². The highest BCUT2D eigenvalue weighted by atomic mass is 15.2. The normalized spacial score (nSPS) is 20.1. The van der Waals surface area contributed by atoms with Gasteiger partial charge in [0.25, 0.3) is 0 Å². The van der Waals surface area contributed by atoms with Crippen LogP contribution in [0.25, 0.3) is 0 Å². The van der Waals surface area contributed by atoms with Crippen molar-refractivity contribution in [2.24, 2.45) is 5.92 Å². The van der Waals surface area contributed by atoms with Crippen LogP contribution in [0, 0.1) is 12.8 Å². The lowest BCUT2D eigenvalue weighted by Gasteiger charge is -2.39. The van der Waals surface area contributed by atoms with E-state index in [1.165, 1.54) is 45.1 Å². The standard InChI is InChI=1S/C16H23BN/c1-3-18-10-13(11-18)8-15-5-4-14-6-7-17-9-16(14)12(15)2/h4-5,13H,3,6-11H2,1-2H3. The number of rotatable bonds is 3. The summed E-state index contributed by atoms with van der Waals surface area (Å²) in [5.74, 6) is 0.897. The van der Waals surface area contributed by atoms with Gasteiger partial charge in [0, 0.05) is 13.1 Å². The lowest BCUT2D eigenvalue weighted by molar-refractivity contribution is 0.108. The first kappa shape index (κ1) is 12.3. The minimum atomic E-state index is 0.897. The first-order valence-electron chi connectivity index (χ1n) is 7.42. The third kappa shape index (κ3) is 2.23. The van der Waals surface area contributed by atoms with Crippen molar-refractivity contribution >= 4 is 7.28 Å². The average molecular weight is 240 g/mol.